The van der Waals surface area contributed by atoms with Crippen molar-refractivity contribution in [2.45, 2.75) is 6.92 Å². The first kappa shape index (κ1) is 10.7. The fourth-order valence-corrected chi connectivity index (χ4v) is 1.50. The molecule has 1 N–H and O–H groups in total. The standard InChI is InChI=1S/C9H12N2O2S/c1-3-4-8-5-6-9(7-10-8)11-14(2,12)13/h3-7,11H,1-2H3/b4-3+. The second kappa shape index (κ2) is 4.23. The predicted octanol–water partition coefficient (Wildman–Crippen LogP) is 1.49. The van der Waals surface area contributed by atoms with E-state index in [2.05, 4.69) is 9.71 Å². The Hall–Kier alpha value is -1.36. The van der Waals surface area contributed by atoms with Gasteiger partial charge in [-0.1, -0.05) is 6.08 Å². The molecule has 0 aromatic carbocycles. The van der Waals surface area contributed by atoms with E-state index in [9.17, 15) is 8.42 Å². The minimum absolute atomic E-state index is 0.473. The number of pyridine rings is 1. The van der Waals surface area contributed by atoms with Crippen LogP contribution in [0.15, 0.2) is 24.4 Å². The van der Waals surface area contributed by atoms with Gasteiger partial charge in [-0.2, -0.15) is 0 Å². The third-order valence-corrected chi connectivity index (χ3v) is 2.03. The zero-order valence-corrected chi connectivity index (χ0v) is 8.88. The Balaban J connectivity index is 2.84. The molecule has 0 atom stereocenters. The van der Waals surface area contributed by atoms with Crippen LogP contribution in [-0.4, -0.2) is 19.7 Å². The van der Waals surface area contributed by atoms with E-state index in [1.165, 1.54) is 6.20 Å². The molecule has 0 aliphatic carbocycles. The fourth-order valence-electron chi connectivity index (χ4n) is 0.949. The molecule has 1 rings (SSSR count). The number of sulfonamides is 1. The summed E-state index contributed by atoms with van der Waals surface area (Å²) < 4.78 is 24.1. The van der Waals surface area contributed by atoms with E-state index in [1.54, 1.807) is 12.1 Å². The average Bonchev–Trinajstić information content (AvgIpc) is 2.06. The molecule has 4 nitrogen and oxygen atoms in total. The molecule has 0 saturated heterocycles. The van der Waals surface area contributed by atoms with Gasteiger partial charge in [-0.3, -0.25) is 9.71 Å². The largest absolute Gasteiger partial charge is 0.282 e. The van der Waals surface area contributed by atoms with Gasteiger partial charge in [-0.15, -0.1) is 0 Å². The highest BCUT2D eigenvalue weighted by Crippen LogP contribution is 2.08. The van der Waals surface area contributed by atoms with E-state index in [0.29, 0.717) is 5.69 Å². The number of aromatic nitrogens is 1. The molecule has 0 saturated carbocycles. The Morgan fingerprint density at radius 1 is 1.43 bits per heavy atom. The van der Waals surface area contributed by atoms with Crippen molar-refractivity contribution in [3.8, 4) is 0 Å². The summed E-state index contributed by atoms with van der Waals surface area (Å²) in [6.45, 7) is 1.89. The summed E-state index contributed by atoms with van der Waals surface area (Å²) in [5.74, 6) is 0. The van der Waals surface area contributed by atoms with Gasteiger partial charge in [0.05, 0.1) is 23.8 Å². The van der Waals surface area contributed by atoms with E-state index >= 15 is 0 Å². The number of rotatable bonds is 3. The van der Waals surface area contributed by atoms with Crippen molar-refractivity contribution < 1.29 is 8.42 Å². The summed E-state index contributed by atoms with van der Waals surface area (Å²) in [5, 5.41) is 0. The van der Waals surface area contributed by atoms with Crippen molar-refractivity contribution in [1.82, 2.24) is 4.98 Å². The van der Waals surface area contributed by atoms with E-state index < -0.39 is 10.0 Å². The van der Waals surface area contributed by atoms with Gasteiger partial charge in [0.1, 0.15) is 0 Å². The van der Waals surface area contributed by atoms with Crippen LogP contribution in [0, 0.1) is 0 Å². The van der Waals surface area contributed by atoms with Crippen LogP contribution in [0.5, 0.6) is 0 Å². The summed E-state index contributed by atoms with van der Waals surface area (Å²) in [6, 6.07) is 3.41. The SMILES string of the molecule is C/C=C/c1ccc(NS(C)(=O)=O)cn1. The van der Waals surface area contributed by atoms with Crippen molar-refractivity contribution >= 4 is 21.8 Å². The highest BCUT2D eigenvalue weighted by molar-refractivity contribution is 7.92. The molecule has 0 unspecified atom stereocenters. The Morgan fingerprint density at radius 2 is 2.14 bits per heavy atom. The summed E-state index contributed by atoms with van der Waals surface area (Å²) in [7, 11) is -3.21. The zero-order chi connectivity index (χ0) is 10.6. The molecule has 14 heavy (non-hydrogen) atoms. The van der Waals surface area contributed by atoms with Crippen LogP contribution in [-0.2, 0) is 10.0 Å². The topological polar surface area (TPSA) is 59.1 Å². The fraction of sp³-hybridized carbons (Fsp3) is 0.222. The van der Waals surface area contributed by atoms with Gasteiger partial charge in [0.25, 0.3) is 0 Å². The highest BCUT2D eigenvalue weighted by atomic mass is 32.2. The quantitative estimate of drug-likeness (QED) is 0.825. The van der Waals surface area contributed by atoms with Crippen molar-refractivity contribution in [2.24, 2.45) is 0 Å². The molecule has 0 spiro atoms. The number of nitrogens with one attached hydrogen (secondary N) is 1. The molecule has 0 fully saturated rings. The maximum atomic E-state index is 10.9. The lowest BCUT2D eigenvalue weighted by Gasteiger charge is -2.02. The van der Waals surface area contributed by atoms with E-state index in [1.807, 2.05) is 19.1 Å². The molecule has 0 bridgehead atoms. The van der Waals surface area contributed by atoms with E-state index in [0.717, 1.165) is 11.9 Å². The third-order valence-electron chi connectivity index (χ3n) is 1.43. The molecule has 1 heterocycles. The molecular weight excluding hydrogens is 200 g/mol. The second-order valence-corrected chi connectivity index (χ2v) is 4.59. The predicted molar refractivity (Wildman–Crippen MR) is 57.4 cm³/mol. The van der Waals surface area contributed by atoms with E-state index in [4.69, 9.17) is 0 Å². The maximum Gasteiger partial charge on any atom is 0.229 e. The monoisotopic (exact) mass is 212 g/mol. The molecule has 0 aliphatic heterocycles. The normalized spacial score (nSPS) is 11.9. The molecule has 0 aliphatic rings. The number of hydrogen-bond acceptors (Lipinski definition) is 3. The van der Waals surface area contributed by atoms with Gasteiger partial charge in [0.2, 0.25) is 10.0 Å². The molecule has 0 radical (unpaired) electrons. The van der Waals surface area contributed by atoms with Crippen LogP contribution in [0.1, 0.15) is 12.6 Å². The van der Waals surface area contributed by atoms with Gasteiger partial charge in [0, 0.05) is 0 Å². The Labute approximate surface area is 83.7 Å². The first-order chi connectivity index (χ1) is 6.51. The van der Waals surface area contributed by atoms with Crippen LogP contribution >= 0.6 is 0 Å². The molecule has 5 heteroatoms. The summed E-state index contributed by atoms with van der Waals surface area (Å²) in [4.78, 5) is 4.04. The van der Waals surface area contributed by atoms with Gasteiger partial charge in [-0.25, -0.2) is 8.42 Å². The average molecular weight is 212 g/mol. The zero-order valence-electron chi connectivity index (χ0n) is 8.06. The smallest absolute Gasteiger partial charge is 0.229 e. The Kier molecular flexibility index (Phi) is 3.24. The summed E-state index contributed by atoms with van der Waals surface area (Å²) in [6.07, 6.45) is 6.29. The number of hydrogen-bond donors (Lipinski definition) is 1. The van der Waals surface area contributed by atoms with Crippen LogP contribution in [0.4, 0.5) is 5.69 Å². The van der Waals surface area contributed by atoms with E-state index in [-0.39, 0.29) is 0 Å². The minimum Gasteiger partial charge on any atom is -0.282 e. The van der Waals surface area contributed by atoms with Crippen LogP contribution < -0.4 is 4.72 Å². The van der Waals surface area contributed by atoms with Crippen LogP contribution in [0.2, 0.25) is 0 Å². The molecular formula is C9H12N2O2S. The third kappa shape index (κ3) is 3.57. The van der Waals surface area contributed by atoms with Crippen molar-refractivity contribution in [3.05, 3.63) is 30.1 Å². The summed E-state index contributed by atoms with van der Waals surface area (Å²) >= 11 is 0. The second-order valence-electron chi connectivity index (χ2n) is 2.85. The number of allylic oxidation sites excluding steroid dienone is 1. The van der Waals surface area contributed by atoms with Crippen LogP contribution in [0.3, 0.4) is 0 Å². The van der Waals surface area contributed by atoms with Crippen LogP contribution in [0.25, 0.3) is 6.08 Å². The maximum absolute atomic E-state index is 10.9. The lowest BCUT2D eigenvalue weighted by Crippen LogP contribution is -2.09. The Morgan fingerprint density at radius 3 is 2.57 bits per heavy atom. The van der Waals surface area contributed by atoms with Gasteiger partial charge in [-0.05, 0) is 25.1 Å². The molecule has 0 amide bonds. The Bertz CT molecular complexity index is 421. The lowest BCUT2D eigenvalue weighted by molar-refractivity contribution is 0.607. The van der Waals surface area contributed by atoms with Gasteiger partial charge in [0.15, 0.2) is 0 Å². The lowest BCUT2D eigenvalue weighted by atomic mass is 10.3. The molecule has 76 valence electrons. The summed E-state index contributed by atoms with van der Waals surface area (Å²) in [5.41, 5.74) is 1.27. The minimum atomic E-state index is -3.21. The van der Waals surface area contributed by atoms with Gasteiger partial charge >= 0.3 is 0 Å². The highest BCUT2D eigenvalue weighted by Gasteiger charge is 2.00. The molecule has 1 aromatic rings. The number of anilines is 1. The first-order valence-corrected chi connectivity index (χ1v) is 5.97. The first-order valence-electron chi connectivity index (χ1n) is 4.08. The molecule has 1 aromatic heterocycles. The number of nitrogens with zero attached hydrogens (tertiary/aromatic N) is 1. The van der Waals surface area contributed by atoms with Crippen molar-refractivity contribution in [2.75, 3.05) is 11.0 Å². The van der Waals surface area contributed by atoms with Crippen molar-refractivity contribution in [1.29, 1.82) is 0 Å². The van der Waals surface area contributed by atoms with Gasteiger partial charge < -0.3 is 0 Å². The van der Waals surface area contributed by atoms with Crippen molar-refractivity contribution in [3.63, 3.8) is 0 Å².